The second-order valence-electron chi connectivity index (χ2n) is 4.81. The lowest BCUT2D eigenvalue weighted by molar-refractivity contribution is -0.137. The third kappa shape index (κ3) is 4.29. The summed E-state index contributed by atoms with van der Waals surface area (Å²) in [7, 11) is -1.61. The molecule has 0 aromatic heterocycles. The lowest BCUT2D eigenvalue weighted by Gasteiger charge is -2.15. The Bertz CT molecular complexity index is 885. The SMILES string of the molecule is COc1ccc(OC)c(S(=O)(=O)Nc2ccc(Cl)c(C(F)(F)F)c2)c1. The van der Waals surface area contributed by atoms with Crippen LogP contribution in [0, 0.1) is 0 Å². The van der Waals surface area contributed by atoms with E-state index in [4.69, 9.17) is 21.1 Å². The van der Waals surface area contributed by atoms with E-state index in [2.05, 4.69) is 4.72 Å². The van der Waals surface area contributed by atoms with E-state index in [0.717, 1.165) is 12.1 Å². The molecule has 2 aromatic carbocycles. The molecule has 0 amide bonds. The third-order valence-corrected chi connectivity index (χ3v) is 4.92. The summed E-state index contributed by atoms with van der Waals surface area (Å²) in [6, 6.07) is 6.76. The van der Waals surface area contributed by atoms with Crippen LogP contribution in [0.15, 0.2) is 41.3 Å². The predicted octanol–water partition coefficient (Wildman–Crippen LogP) is 4.18. The van der Waals surface area contributed by atoms with E-state index in [1.165, 1.54) is 32.4 Å². The quantitative estimate of drug-likeness (QED) is 0.825. The molecule has 0 aliphatic rings. The van der Waals surface area contributed by atoms with E-state index < -0.39 is 26.8 Å². The van der Waals surface area contributed by atoms with Gasteiger partial charge in [-0.1, -0.05) is 11.6 Å². The van der Waals surface area contributed by atoms with E-state index in [-0.39, 0.29) is 22.1 Å². The molecule has 1 N–H and O–H groups in total. The molecule has 0 saturated carbocycles. The van der Waals surface area contributed by atoms with Gasteiger partial charge in [-0.25, -0.2) is 8.42 Å². The fraction of sp³-hybridized carbons (Fsp3) is 0.200. The van der Waals surface area contributed by atoms with Crippen molar-refractivity contribution >= 4 is 27.3 Å². The minimum Gasteiger partial charge on any atom is -0.497 e. The maximum atomic E-state index is 12.9. The van der Waals surface area contributed by atoms with Crippen molar-refractivity contribution in [3.05, 3.63) is 47.0 Å². The first-order valence-corrected chi connectivity index (χ1v) is 8.56. The summed E-state index contributed by atoms with van der Waals surface area (Å²) in [5, 5.41) is -0.533. The highest BCUT2D eigenvalue weighted by Crippen LogP contribution is 2.37. The molecule has 0 fully saturated rings. The average molecular weight is 396 g/mol. The monoisotopic (exact) mass is 395 g/mol. The van der Waals surface area contributed by atoms with Gasteiger partial charge in [0.15, 0.2) is 0 Å². The van der Waals surface area contributed by atoms with Crippen LogP contribution in [-0.4, -0.2) is 22.6 Å². The molecule has 5 nitrogen and oxygen atoms in total. The maximum Gasteiger partial charge on any atom is 0.417 e. The van der Waals surface area contributed by atoms with Crippen molar-refractivity contribution < 1.29 is 31.1 Å². The number of methoxy groups -OCH3 is 2. The minimum absolute atomic E-state index is 0.0123. The van der Waals surface area contributed by atoms with Crippen molar-refractivity contribution in [3.8, 4) is 11.5 Å². The molecule has 0 radical (unpaired) electrons. The van der Waals surface area contributed by atoms with Gasteiger partial charge >= 0.3 is 6.18 Å². The summed E-state index contributed by atoms with van der Waals surface area (Å²) in [4.78, 5) is -0.280. The maximum absolute atomic E-state index is 12.9. The van der Waals surface area contributed by atoms with Crippen LogP contribution in [0.1, 0.15) is 5.56 Å². The van der Waals surface area contributed by atoms with Crippen LogP contribution in [0.5, 0.6) is 11.5 Å². The van der Waals surface area contributed by atoms with Gasteiger partial charge in [0.25, 0.3) is 10.0 Å². The molecule has 0 aliphatic carbocycles. The summed E-state index contributed by atoms with van der Waals surface area (Å²) < 4.78 is 75.8. The van der Waals surface area contributed by atoms with Crippen molar-refractivity contribution in [2.24, 2.45) is 0 Å². The Balaban J connectivity index is 2.47. The first-order chi connectivity index (χ1) is 11.6. The molecule has 0 saturated heterocycles. The number of nitrogens with one attached hydrogen (secondary N) is 1. The number of halogens is 4. The Labute approximate surface area is 147 Å². The number of benzene rings is 2. The van der Waals surface area contributed by atoms with Gasteiger partial charge in [-0.2, -0.15) is 13.2 Å². The second kappa shape index (κ2) is 7.01. The molecule has 0 bridgehead atoms. The van der Waals surface area contributed by atoms with Gasteiger partial charge in [0.05, 0.1) is 24.8 Å². The van der Waals surface area contributed by atoms with Gasteiger partial charge in [0.1, 0.15) is 16.4 Å². The van der Waals surface area contributed by atoms with Gasteiger partial charge in [-0.05, 0) is 30.3 Å². The van der Waals surface area contributed by atoms with Crippen LogP contribution in [0.3, 0.4) is 0 Å². The Morgan fingerprint density at radius 1 is 1.04 bits per heavy atom. The molecule has 0 spiro atoms. The zero-order valence-corrected chi connectivity index (χ0v) is 14.6. The van der Waals surface area contributed by atoms with Crippen molar-refractivity contribution in [2.75, 3.05) is 18.9 Å². The Morgan fingerprint density at radius 2 is 1.72 bits per heavy atom. The molecule has 25 heavy (non-hydrogen) atoms. The number of hydrogen-bond donors (Lipinski definition) is 1. The van der Waals surface area contributed by atoms with Crippen molar-refractivity contribution in [2.45, 2.75) is 11.1 Å². The van der Waals surface area contributed by atoms with Crippen LogP contribution in [0.4, 0.5) is 18.9 Å². The largest absolute Gasteiger partial charge is 0.497 e. The standard InChI is InChI=1S/C15H13ClF3NO4S/c1-23-10-4-6-13(24-2)14(8-10)25(21,22)20-9-3-5-12(16)11(7-9)15(17,18)19/h3-8,20H,1-2H3. The Hall–Kier alpha value is -2.13. The summed E-state index contributed by atoms with van der Waals surface area (Å²) >= 11 is 5.52. The molecular weight excluding hydrogens is 383 g/mol. The first kappa shape index (κ1) is 19.2. The Kier molecular flexibility index (Phi) is 5.38. The van der Waals surface area contributed by atoms with Crippen LogP contribution in [-0.2, 0) is 16.2 Å². The number of sulfonamides is 1. The number of alkyl halides is 3. The smallest absolute Gasteiger partial charge is 0.417 e. The predicted molar refractivity (Wildman–Crippen MR) is 86.8 cm³/mol. The number of hydrogen-bond acceptors (Lipinski definition) is 4. The molecule has 136 valence electrons. The molecule has 2 aromatic rings. The molecule has 0 heterocycles. The fourth-order valence-electron chi connectivity index (χ4n) is 2.01. The zero-order chi connectivity index (χ0) is 18.8. The van der Waals surface area contributed by atoms with Gasteiger partial charge in [0.2, 0.25) is 0 Å². The lowest BCUT2D eigenvalue weighted by atomic mass is 10.2. The van der Waals surface area contributed by atoms with Crippen LogP contribution >= 0.6 is 11.6 Å². The Morgan fingerprint density at radius 3 is 2.28 bits per heavy atom. The van der Waals surface area contributed by atoms with E-state index in [9.17, 15) is 21.6 Å². The van der Waals surface area contributed by atoms with Crippen molar-refractivity contribution in [1.29, 1.82) is 0 Å². The van der Waals surface area contributed by atoms with Gasteiger partial charge in [0, 0.05) is 11.8 Å². The van der Waals surface area contributed by atoms with Gasteiger partial charge < -0.3 is 9.47 Å². The summed E-state index contributed by atoms with van der Waals surface area (Å²) in [6.07, 6.45) is -4.72. The topological polar surface area (TPSA) is 64.6 Å². The second-order valence-corrected chi connectivity index (χ2v) is 6.87. The molecule has 0 aliphatic heterocycles. The van der Waals surface area contributed by atoms with Gasteiger partial charge in [-0.3, -0.25) is 4.72 Å². The minimum atomic E-state index is -4.72. The van der Waals surface area contributed by atoms with Crippen LogP contribution in [0.25, 0.3) is 0 Å². The molecule has 2 rings (SSSR count). The fourth-order valence-corrected chi connectivity index (χ4v) is 3.47. The number of anilines is 1. The van der Waals surface area contributed by atoms with Gasteiger partial charge in [-0.15, -0.1) is 0 Å². The van der Waals surface area contributed by atoms with Crippen LogP contribution < -0.4 is 14.2 Å². The van der Waals surface area contributed by atoms with E-state index in [1.54, 1.807) is 0 Å². The zero-order valence-electron chi connectivity index (χ0n) is 13.0. The lowest BCUT2D eigenvalue weighted by Crippen LogP contribution is -2.15. The van der Waals surface area contributed by atoms with Crippen molar-refractivity contribution in [1.82, 2.24) is 0 Å². The van der Waals surface area contributed by atoms with Crippen molar-refractivity contribution in [3.63, 3.8) is 0 Å². The molecular formula is C15H13ClF3NO4S. The number of ether oxygens (including phenoxy) is 2. The van der Waals surface area contributed by atoms with E-state index in [1.807, 2.05) is 0 Å². The molecule has 10 heteroatoms. The summed E-state index contributed by atoms with van der Waals surface area (Å²) in [5.41, 5.74) is -1.44. The van der Waals surface area contributed by atoms with E-state index >= 15 is 0 Å². The number of rotatable bonds is 5. The molecule has 0 atom stereocenters. The summed E-state index contributed by atoms with van der Waals surface area (Å²) in [5.74, 6) is 0.256. The normalized spacial score (nSPS) is 11.9. The first-order valence-electron chi connectivity index (χ1n) is 6.70. The highest BCUT2D eigenvalue weighted by molar-refractivity contribution is 7.92. The average Bonchev–Trinajstić information content (AvgIpc) is 2.54. The summed E-state index contributed by atoms with van der Waals surface area (Å²) in [6.45, 7) is 0. The molecule has 0 unspecified atom stereocenters. The highest BCUT2D eigenvalue weighted by atomic mass is 35.5. The van der Waals surface area contributed by atoms with E-state index in [0.29, 0.717) is 6.07 Å². The highest BCUT2D eigenvalue weighted by Gasteiger charge is 2.33. The third-order valence-electron chi connectivity index (χ3n) is 3.18. The van der Waals surface area contributed by atoms with Crippen LogP contribution in [0.2, 0.25) is 5.02 Å².